The van der Waals surface area contributed by atoms with Crippen LogP contribution in [-0.2, 0) is 17.1 Å². The van der Waals surface area contributed by atoms with Crippen molar-refractivity contribution in [1.29, 1.82) is 0 Å². The molecule has 0 saturated carbocycles. The van der Waals surface area contributed by atoms with Gasteiger partial charge in [0.05, 0.1) is 11.7 Å². The van der Waals surface area contributed by atoms with Gasteiger partial charge in [-0.25, -0.2) is 13.4 Å². The molecule has 0 radical (unpaired) electrons. The van der Waals surface area contributed by atoms with Gasteiger partial charge in [0.2, 0.25) is 10.0 Å². The van der Waals surface area contributed by atoms with Crippen molar-refractivity contribution in [3.05, 3.63) is 53.9 Å². The normalized spacial score (nSPS) is 18.7. The number of sulfonamides is 1. The Morgan fingerprint density at radius 1 is 1.21 bits per heavy atom. The molecule has 124 valence electrons. The maximum atomic E-state index is 13.0. The lowest BCUT2D eigenvalue weighted by Crippen LogP contribution is -2.44. The first-order valence-electron chi connectivity index (χ1n) is 7.84. The van der Waals surface area contributed by atoms with E-state index in [2.05, 4.69) is 10.1 Å². The standard InChI is InChI=1S/C17H18N4O2S/c1-12-15-10-14(11-18-17(15)20(2)19-12)24(22,23)21-9-8-16(21)13-6-4-3-5-7-13/h3-7,10-11,16H,8-9H2,1-2H3/t16-/m0/s1. The van der Waals surface area contributed by atoms with Crippen LogP contribution < -0.4 is 0 Å². The van der Waals surface area contributed by atoms with Crippen LogP contribution in [0.4, 0.5) is 0 Å². The predicted octanol–water partition coefficient (Wildman–Crippen LogP) is 2.41. The number of aromatic nitrogens is 3. The zero-order valence-corrected chi connectivity index (χ0v) is 14.4. The van der Waals surface area contributed by atoms with Gasteiger partial charge in [-0.3, -0.25) is 4.68 Å². The lowest BCUT2D eigenvalue weighted by Gasteiger charge is -2.39. The SMILES string of the molecule is Cc1nn(C)c2ncc(S(=O)(=O)N3CC[C@H]3c3ccccc3)cc12. The molecule has 0 bridgehead atoms. The Kier molecular flexibility index (Phi) is 3.43. The summed E-state index contributed by atoms with van der Waals surface area (Å²) in [6, 6.07) is 11.3. The highest BCUT2D eigenvalue weighted by atomic mass is 32.2. The molecule has 3 aromatic rings. The second-order valence-corrected chi connectivity index (χ2v) is 7.97. The quantitative estimate of drug-likeness (QED) is 0.733. The average molecular weight is 342 g/mol. The fraction of sp³-hybridized carbons (Fsp3) is 0.294. The molecule has 3 heterocycles. The number of pyridine rings is 1. The van der Waals surface area contributed by atoms with Gasteiger partial charge in [0, 0.05) is 25.2 Å². The fourth-order valence-electron chi connectivity index (χ4n) is 3.22. The van der Waals surface area contributed by atoms with Crippen molar-refractivity contribution in [2.75, 3.05) is 6.54 Å². The van der Waals surface area contributed by atoms with Crippen LogP contribution in [0.1, 0.15) is 23.7 Å². The molecule has 2 aromatic heterocycles. The van der Waals surface area contributed by atoms with Crippen molar-refractivity contribution in [2.24, 2.45) is 7.05 Å². The van der Waals surface area contributed by atoms with Crippen molar-refractivity contribution >= 4 is 21.1 Å². The summed E-state index contributed by atoms with van der Waals surface area (Å²) >= 11 is 0. The first-order valence-corrected chi connectivity index (χ1v) is 9.28. The van der Waals surface area contributed by atoms with Gasteiger partial charge in [-0.05, 0) is 25.0 Å². The first-order chi connectivity index (χ1) is 11.5. The Balaban J connectivity index is 1.74. The van der Waals surface area contributed by atoms with E-state index < -0.39 is 10.0 Å². The molecule has 7 heteroatoms. The van der Waals surface area contributed by atoms with Crippen LogP contribution in [0.15, 0.2) is 47.5 Å². The predicted molar refractivity (Wildman–Crippen MR) is 90.9 cm³/mol. The molecule has 1 saturated heterocycles. The summed E-state index contributed by atoms with van der Waals surface area (Å²) in [6.45, 7) is 2.39. The summed E-state index contributed by atoms with van der Waals surface area (Å²) < 4.78 is 29.3. The van der Waals surface area contributed by atoms with Crippen LogP contribution in [-0.4, -0.2) is 34.0 Å². The molecule has 1 aliphatic heterocycles. The molecule has 0 N–H and O–H groups in total. The molecule has 1 aliphatic rings. The number of hydrogen-bond donors (Lipinski definition) is 0. The zero-order chi connectivity index (χ0) is 16.9. The summed E-state index contributed by atoms with van der Waals surface area (Å²) in [5, 5.41) is 5.07. The second kappa shape index (κ2) is 5.39. The fourth-order valence-corrected chi connectivity index (χ4v) is 4.86. The molecule has 0 spiro atoms. The molecule has 0 aliphatic carbocycles. The van der Waals surface area contributed by atoms with E-state index in [0.29, 0.717) is 12.2 Å². The molecule has 6 nitrogen and oxygen atoms in total. The van der Waals surface area contributed by atoms with Crippen LogP contribution >= 0.6 is 0 Å². The summed E-state index contributed by atoms with van der Waals surface area (Å²) in [7, 11) is -1.76. The minimum absolute atomic E-state index is 0.0955. The van der Waals surface area contributed by atoms with E-state index in [4.69, 9.17) is 0 Å². The summed E-state index contributed by atoms with van der Waals surface area (Å²) in [6.07, 6.45) is 2.27. The van der Waals surface area contributed by atoms with E-state index in [-0.39, 0.29) is 10.9 Å². The summed E-state index contributed by atoms with van der Waals surface area (Å²) in [5.41, 5.74) is 2.49. The average Bonchev–Trinajstić information content (AvgIpc) is 2.81. The number of aryl methyl sites for hydroxylation is 2. The van der Waals surface area contributed by atoms with Crippen LogP contribution in [0, 0.1) is 6.92 Å². The molecular weight excluding hydrogens is 324 g/mol. The minimum Gasteiger partial charge on any atom is -0.250 e. The second-order valence-electron chi connectivity index (χ2n) is 6.08. The number of rotatable bonds is 3. The number of hydrogen-bond acceptors (Lipinski definition) is 4. The molecule has 1 fully saturated rings. The van der Waals surface area contributed by atoms with Crippen molar-refractivity contribution in [3.63, 3.8) is 0 Å². The molecule has 0 amide bonds. The maximum Gasteiger partial charge on any atom is 0.245 e. The lowest BCUT2D eigenvalue weighted by molar-refractivity contribution is 0.202. The third kappa shape index (κ3) is 2.23. The smallest absolute Gasteiger partial charge is 0.245 e. The van der Waals surface area contributed by atoms with E-state index in [1.807, 2.05) is 37.3 Å². The van der Waals surface area contributed by atoms with Crippen molar-refractivity contribution in [2.45, 2.75) is 24.3 Å². The molecular formula is C17H18N4O2S. The number of benzene rings is 1. The van der Waals surface area contributed by atoms with Crippen LogP contribution in [0.2, 0.25) is 0 Å². The zero-order valence-electron chi connectivity index (χ0n) is 13.5. The van der Waals surface area contributed by atoms with Gasteiger partial charge in [-0.2, -0.15) is 9.40 Å². The molecule has 0 unspecified atom stereocenters. The Hall–Kier alpha value is -2.25. The van der Waals surface area contributed by atoms with Gasteiger partial charge in [0.1, 0.15) is 4.90 Å². The van der Waals surface area contributed by atoms with Crippen LogP contribution in [0.3, 0.4) is 0 Å². The van der Waals surface area contributed by atoms with Gasteiger partial charge in [-0.15, -0.1) is 0 Å². The topological polar surface area (TPSA) is 68.1 Å². The van der Waals surface area contributed by atoms with E-state index >= 15 is 0 Å². The highest BCUT2D eigenvalue weighted by Crippen LogP contribution is 2.38. The van der Waals surface area contributed by atoms with Gasteiger partial charge in [0.15, 0.2) is 5.65 Å². The maximum absolute atomic E-state index is 13.0. The monoisotopic (exact) mass is 342 g/mol. The van der Waals surface area contributed by atoms with Crippen molar-refractivity contribution in [3.8, 4) is 0 Å². The van der Waals surface area contributed by atoms with E-state index in [1.54, 1.807) is 22.1 Å². The van der Waals surface area contributed by atoms with Crippen LogP contribution in [0.25, 0.3) is 11.0 Å². The molecule has 1 aromatic carbocycles. The van der Waals surface area contributed by atoms with Crippen molar-refractivity contribution in [1.82, 2.24) is 19.1 Å². The Bertz CT molecular complexity index is 1010. The number of fused-ring (bicyclic) bond motifs is 1. The summed E-state index contributed by atoms with van der Waals surface area (Å²) in [5.74, 6) is 0. The largest absolute Gasteiger partial charge is 0.250 e. The van der Waals surface area contributed by atoms with E-state index in [0.717, 1.165) is 23.1 Å². The molecule has 4 rings (SSSR count). The highest BCUT2D eigenvalue weighted by molar-refractivity contribution is 7.89. The molecule has 1 atom stereocenters. The highest BCUT2D eigenvalue weighted by Gasteiger charge is 2.39. The molecule has 24 heavy (non-hydrogen) atoms. The van der Waals surface area contributed by atoms with Crippen molar-refractivity contribution < 1.29 is 8.42 Å². The van der Waals surface area contributed by atoms with Gasteiger partial charge < -0.3 is 0 Å². The third-order valence-corrected chi connectivity index (χ3v) is 6.47. The minimum atomic E-state index is -3.56. The summed E-state index contributed by atoms with van der Waals surface area (Å²) in [4.78, 5) is 4.53. The first kappa shape index (κ1) is 15.3. The van der Waals surface area contributed by atoms with Gasteiger partial charge in [-0.1, -0.05) is 30.3 Å². The number of nitrogens with zero attached hydrogens (tertiary/aromatic N) is 4. The van der Waals surface area contributed by atoms with Gasteiger partial charge in [0.25, 0.3) is 0 Å². The third-order valence-electron chi connectivity index (χ3n) is 4.60. The lowest BCUT2D eigenvalue weighted by atomic mass is 9.98. The Morgan fingerprint density at radius 2 is 1.96 bits per heavy atom. The Labute approximate surface area is 140 Å². The van der Waals surface area contributed by atoms with Gasteiger partial charge >= 0.3 is 0 Å². The Morgan fingerprint density at radius 3 is 2.62 bits per heavy atom. The van der Waals surface area contributed by atoms with Crippen LogP contribution in [0.5, 0.6) is 0 Å². The van der Waals surface area contributed by atoms with E-state index in [1.165, 1.54) is 6.20 Å². The van der Waals surface area contributed by atoms with E-state index in [9.17, 15) is 8.42 Å².